The first-order valence-electron chi connectivity index (χ1n) is 10.5. The van der Waals surface area contributed by atoms with Gasteiger partial charge in [0.2, 0.25) is 11.3 Å². The minimum Gasteiger partial charge on any atom is -0.430 e. The molecule has 0 saturated heterocycles. The topological polar surface area (TPSA) is 70.2 Å². The monoisotopic (exact) mass is 437 g/mol. The van der Waals surface area contributed by atoms with E-state index in [1.54, 1.807) is 10.9 Å². The summed E-state index contributed by atoms with van der Waals surface area (Å²) in [5.41, 5.74) is 4.91. The van der Waals surface area contributed by atoms with Crippen LogP contribution in [-0.4, -0.2) is 20.1 Å². The van der Waals surface area contributed by atoms with Crippen LogP contribution in [0.2, 0.25) is 5.02 Å². The van der Waals surface area contributed by atoms with E-state index < -0.39 is 0 Å². The zero-order chi connectivity index (χ0) is 21.9. The predicted molar refractivity (Wildman–Crippen MR) is 121 cm³/mol. The van der Waals surface area contributed by atoms with Crippen LogP contribution in [-0.2, 0) is 24.3 Å². The number of halogens is 1. The molecule has 1 aromatic carbocycles. The maximum absolute atomic E-state index is 13.2. The van der Waals surface area contributed by atoms with Crippen molar-refractivity contribution in [3.8, 4) is 0 Å². The van der Waals surface area contributed by atoms with E-state index in [0.29, 0.717) is 35.8 Å². The number of nitrogens with zero attached hydrogens (tertiary/aromatic N) is 3. The molecule has 1 aliphatic rings. The summed E-state index contributed by atoms with van der Waals surface area (Å²) in [7, 11) is 0. The summed E-state index contributed by atoms with van der Waals surface area (Å²) in [4.78, 5) is 22.7. The third kappa shape index (κ3) is 3.44. The van der Waals surface area contributed by atoms with Crippen LogP contribution in [0.25, 0.3) is 22.2 Å². The normalized spacial score (nSPS) is 15.7. The van der Waals surface area contributed by atoms with Crippen LogP contribution in [0.3, 0.4) is 0 Å². The van der Waals surface area contributed by atoms with Crippen molar-refractivity contribution < 1.29 is 9.15 Å². The molecule has 1 aliphatic heterocycles. The summed E-state index contributed by atoms with van der Waals surface area (Å²) in [5, 5.41) is 1.49. The molecule has 0 amide bonds. The highest BCUT2D eigenvalue weighted by Crippen LogP contribution is 2.39. The molecular weight excluding hydrogens is 414 g/mol. The van der Waals surface area contributed by atoms with Crippen molar-refractivity contribution in [1.29, 1.82) is 0 Å². The lowest BCUT2D eigenvalue weighted by molar-refractivity contribution is -0.0402. The Bertz CT molecular complexity index is 1370. The summed E-state index contributed by atoms with van der Waals surface area (Å²) in [5.74, 6) is 0.214. The van der Waals surface area contributed by atoms with Gasteiger partial charge in [-0.15, -0.1) is 0 Å². The van der Waals surface area contributed by atoms with Crippen molar-refractivity contribution in [2.24, 2.45) is 0 Å². The molecule has 0 spiro atoms. The van der Waals surface area contributed by atoms with Gasteiger partial charge < -0.3 is 9.15 Å². The van der Waals surface area contributed by atoms with Gasteiger partial charge in [-0.05, 0) is 43.0 Å². The van der Waals surface area contributed by atoms with Gasteiger partial charge in [0, 0.05) is 17.0 Å². The van der Waals surface area contributed by atoms with Crippen LogP contribution in [0.5, 0.6) is 0 Å². The standard InChI is InChI=1S/C24H24ClN3O3/c1-13(2)19-17-11-30-24(3,4)9-16(17)18-20-21(31-22(18)27-19)23(29)28(12-26-20)10-14-5-7-15(25)8-6-14/h5-8,12-13H,9-11H2,1-4H3. The summed E-state index contributed by atoms with van der Waals surface area (Å²) < 4.78 is 13.7. The number of hydrogen-bond donors (Lipinski definition) is 0. The number of rotatable bonds is 3. The minimum absolute atomic E-state index is 0.214. The molecule has 7 heteroatoms. The largest absolute Gasteiger partial charge is 0.430 e. The van der Waals surface area contributed by atoms with Crippen LogP contribution in [0.1, 0.15) is 56.0 Å². The first-order valence-corrected chi connectivity index (χ1v) is 10.8. The fourth-order valence-electron chi connectivity index (χ4n) is 4.30. The smallest absolute Gasteiger partial charge is 0.297 e. The third-order valence-corrected chi connectivity index (χ3v) is 6.12. The molecule has 0 aliphatic carbocycles. The van der Waals surface area contributed by atoms with E-state index in [4.69, 9.17) is 25.7 Å². The molecule has 0 unspecified atom stereocenters. The van der Waals surface area contributed by atoms with Gasteiger partial charge in [0.1, 0.15) is 5.52 Å². The lowest BCUT2D eigenvalue weighted by Gasteiger charge is -2.33. The molecule has 3 aromatic heterocycles. The van der Waals surface area contributed by atoms with Gasteiger partial charge in [0.05, 0.1) is 36.2 Å². The number of ether oxygens (including phenoxy) is 1. The van der Waals surface area contributed by atoms with Crippen LogP contribution < -0.4 is 5.56 Å². The highest BCUT2D eigenvalue weighted by atomic mass is 35.5. The molecular formula is C24H24ClN3O3. The van der Waals surface area contributed by atoms with E-state index in [-0.39, 0.29) is 22.7 Å². The second kappa shape index (κ2) is 7.18. The lowest BCUT2D eigenvalue weighted by atomic mass is 9.87. The van der Waals surface area contributed by atoms with E-state index in [1.807, 2.05) is 24.3 Å². The van der Waals surface area contributed by atoms with Crippen molar-refractivity contribution in [2.75, 3.05) is 0 Å². The SMILES string of the molecule is CC(C)c1nc2oc3c(=O)n(Cc4ccc(Cl)cc4)cnc3c2c2c1COC(C)(C)C2. The number of furan rings is 1. The van der Waals surface area contributed by atoms with Gasteiger partial charge in [0.15, 0.2) is 0 Å². The van der Waals surface area contributed by atoms with Crippen molar-refractivity contribution >= 4 is 33.8 Å². The molecule has 5 rings (SSSR count). The fourth-order valence-corrected chi connectivity index (χ4v) is 4.43. The zero-order valence-corrected chi connectivity index (χ0v) is 18.8. The first-order chi connectivity index (χ1) is 14.7. The van der Waals surface area contributed by atoms with Crippen molar-refractivity contribution in [1.82, 2.24) is 14.5 Å². The van der Waals surface area contributed by atoms with Gasteiger partial charge in [-0.2, -0.15) is 0 Å². The number of pyridine rings is 1. The van der Waals surface area contributed by atoms with Crippen LogP contribution >= 0.6 is 11.6 Å². The molecule has 0 saturated carbocycles. The van der Waals surface area contributed by atoms with Gasteiger partial charge in [-0.3, -0.25) is 9.36 Å². The van der Waals surface area contributed by atoms with E-state index in [9.17, 15) is 4.79 Å². The minimum atomic E-state index is -0.303. The fraction of sp³-hybridized carbons (Fsp3) is 0.375. The van der Waals surface area contributed by atoms with Crippen LogP contribution in [0, 0.1) is 0 Å². The molecule has 0 radical (unpaired) electrons. The highest BCUT2D eigenvalue weighted by Gasteiger charge is 2.32. The highest BCUT2D eigenvalue weighted by molar-refractivity contribution is 6.30. The second-order valence-corrected chi connectivity index (χ2v) is 9.53. The second-order valence-electron chi connectivity index (χ2n) is 9.10. The predicted octanol–water partition coefficient (Wildman–Crippen LogP) is 5.21. The summed E-state index contributed by atoms with van der Waals surface area (Å²) in [6.07, 6.45) is 2.30. The summed E-state index contributed by atoms with van der Waals surface area (Å²) in [6, 6.07) is 7.41. The Hall–Kier alpha value is -2.70. The molecule has 0 N–H and O–H groups in total. The average Bonchev–Trinajstić information content (AvgIpc) is 3.10. The van der Waals surface area contributed by atoms with Gasteiger partial charge in [-0.1, -0.05) is 37.6 Å². The van der Waals surface area contributed by atoms with E-state index in [2.05, 4.69) is 32.7 Å². The molecule has 160 valence electrons. The summed E-state index contributed by atoms with van der Waals surface area (Å²) >= 11 is 5.97. The molecule has 0 fully saturated rings. The van der Waals surface area contributed by atoms with Crippen LogP contribution in [0.4, 0.5) is 0 Å². The zero-order valence-electron chi connectivity index (χ0n) is 18.0. The molecule has 0 bridgehead atoms. The number of benzene rings is 1. The molecule has 31 heavy (non-hydrogen) atoms. The maximum Gasteiger partial charge on any atom is 0.297 e. The molecule has 6 nitrogen and oxygen atoms in total. The number of fused-ring (bicyclic) bond motifs is 5. The Kier molecular flexibility index (Phi) is 4.68. The van der Waals surface area contributed by atoms with Crippen molar-refractivity contribution in [3.63, 3.8) is 0 Å². The van der Waals surface area contributed by atoms with E-state index in [1.165, 1.54) is 0 Å². The van der Waals surface area contributed by atoms with Crippen molar-refractivity contribution in [2.45, 2.75) is 58.8 Å². The number of hydrogen-bond acceptors (Lipinski definition) is 5. The average molecular weight is 438 g/mol. The Labute approximate surface area is 184 Å². The van der Waals surface area contributed by atoms with E-state index in [0.717, 1.165) is 27.8 Å². The van der Waals surface area contributed by atoms with Gasteiger partial charge in [0.25, 0.3) is 5.56 Å². The Morgan fingerprint density at radius 2 is 1.94 bits per heavy atom. The Morgan fingerprint density at radius 3 is 2.65 bits per heavy atom. The van der Waals surface area contributed by atoms with E-state index >= 15 is 0 Å². The third-order valence-electron chi connectivity index (χ3n) is 5.87. The molecule has 4 aromatic rings. The van der Waals surface area contributed by atoms with Gasteiger partial charge >= 0.3 is 0 Å². The molecule has 0 atom stereocenters. The lowest BCUT2D eigenvalue weighted by Crippen LogP contribution is -2.33. The maximum atomic E-state index is 13.2. The van der Waals surface area contributed by atoms with Gasteiger partial charge in [-0.25, -0.2) is 9.97 Å². The molecule has 4 heterocycles. The summed E-state index contributed by atoms with van der Waals surface area (Å²) in [6.45, 7) is 9.25. The van der Waals surface area contributed by atoms with Crippen molar-refractivity contribution in [3.05, 3.63) is 68.4 Å². The van der Waals surface area contributed by atoms with Crippen LogP contribution in [0.15, 0.2) is 39.8 Å². The Morgan fingerprint density at radius 1 is 1.19 bits per heavy atom. The first kappa shape index (κ1) is 20.2. The number of aromatic nitrogens is 3. The quantitative estimate of drug-likeness (QED) is 0.439. The Balaban J connectivity index is 1.72.